The van der Waals surface area contributed by atoms with Crippen molar-refractivity contribution in [2.75, 3.05) is 7.11 Å². The maximum atomic E-state index is 11.0. The number of aromatic amines is 1. The molecule has 0 amide bonds. The molecule has 0 atom stereocenters. The maximum absolute atomic E-state index is 11.0. The van der Waals surface area contributed by atoms with Gasteiger partial charge in [-0.3, -0.25) is 9.78 Å². The van der Waals surface area contributed by atoms with E-state index in [9.17, 15) is 4.79 Å². The summed E-state index contributed by atoms with van der Waals surface area (Å²) in [5.74, 6) is 2.41. The van der Waals surface area contributed by atoms with E-state index in [2.05, 4.69) is 20.1 Å². The van der Waals surface area contributed by atoms with Gasteiger partial charge < -0.3 is 19.0 Å². The molecule has 1 N–H and O–H groups in total. The molecule has 0 unspecified atom stereocenters. The number of aryl methyl sites for hydroxylation is 3. The molecule has 2 aromatic carbocycles. The monoisotopic (exact) mass is 479 g/mol. The number of aromatic nitrogens is 5. The Labute approximate surface area is 205 Å². The minimum absolute atomic E-state index is 0.385. The van der Waals surface area contributed by atoms with E-state index < -0.39 is 0 Å². The molecule has 9 nitrogen and oxygen atoms in total. The average molecular weight is 479 g/mol. The van der Waals surface area contributed by atoms with Crippen LogP contribution in [0, 0.1) is 20.8 Å². The number of benzene rings is 2. The molecular weight excluding hydrogens is 458 g/mol. The molecule has 6 aromatic rings. The van der Waals surface area contributed by atoms with Gasteiger partial charge in [0.15, 0.2) is 5.75 Å². The zero-order chi connectivity index (χ0) is 25.0. The molecule has 0 spiro atoms. The summed E-state index contributed by atoms with van der Waals surface area (Å²) >= 11 is 0. The summed E-state index contributed by atoms with van der Waals surface area (Å²) < 4.78 is 16.4. The lowest BCUT2D eigenvalue weighted by Crippen LogP contribution is -1.96. The summed E-state index contributed by atoms with van der Waals surface area (Å²) in [5.41, 5.74) is 6.31. The molecule has 0 bridgehead atoms. The van der Waals surface area contributed by atoms with Crippen LogP contribution in [0.1, 0.15) is 17.3 Å². The van der Waals surface area contributed by atoms with E-state index in [1.807, 2.05) is 51.1 Å². The first-order valence-electron chi connectivity index (χ1n) is 11.3. The summed E-state index contributed by atoms with van der Waals surface area (Å²) in [4.78, 5) is 28.5. The number of pyridine rings is 1. The Morgan fingerprint density at radius 2 is 1.86 bits per heavy atom. The standard InChI is InChI=1S/C27H21N5O4/c1-13-23(14(2)36-32-13)19-10-20-18(11-22(19)34-4)24-26(29-15(3)30-27(24)31-20)17-7-8-21(35-12-33)25-16(17)6-5-9-28-25/h5-12H,1-4H3,(H,29,30,31). The highest BCUT2D eigenvalue weighted by atomic mass is 16.5. The number of hydrogen-bond donors (Lipinski definition) is 1. The van der Waals surface area contributed by atoms with Gasteiger partial charge in [-0.05, 0) is 51.1 Å². The second kappa shape index (κ2) is 8.16. The van der Waals surface area contributed by atoms with Crippen molar-refractivity contribution >= 4 is 39.3 Å². The Morgan fingerprint density at radius 1 is 1.00 bits per heavy atom. The molecule has 0 aliphatic rings. The highest BCUT2D eigenvalue weighted by Gasteiger charge is 2.22. The molecule has 9 heteroatoms. The van der Waals surface area contributed by atoms with E-state index in [0.29, 0.717) is 40.7 Å². The molecular formula is C27H21N5O4. The average Bonchev–Trinajstić information content (AvgIpc) is 3.40. The van der Waals surface area contributed by atoms with Gasteiger partial charge in [0, 0.05) is 33.6 Å². The van der Waals surface area contributed by atoms with Crippen molar-refractivity contribution in [2.45, 2.75) is 20.8 Å². The van der Waals surface area contributed by atoms with Crippen molar-refractivity contribution < 1.29 is 18.8 Å². The van der Waals surface area contributed by atoms with Gasteiger partial charge in [-0.2, -0.15) is 0 Å². The van der Waals surface area contributed by atoms with E-state index in [1.54, 1.807) is 19.4 Å². The summed E-state index contributed by atoms with van der Waals surface area (Å²) in [7, 11) is 1.64. The molecule has 36 heavy (non-hydrogen) atoms. The minimum Gasteiger partial charge on any atom is -0.496 e. The molecule has 6 rings (SSSR count). The van der Waals surface area contributed by atoms with Crippen molar-refractivity contribution in [3.63, 3.8) is 0 Å². The van der Waals surface area contributed by atoms with Crippen LogP contribution in [0.5, 0.6) is 11.5 Å². The number of nitrogens with zero attached hydrogens (tertiary/aromatic N) is 4. The molecule has 0 saturated carbocycles. The second-order valence-corrected chi connectivity index (χ2v) is 8.49. The van der Waals surface area contributed by atoms with Crippen LogP contribution in [0.15, 0.2) is 47.1 Å². The minimum atomic E-state index is 0.385. The number of rotatable bonds is 5. The van der Waals surface area contributed by atoms with E-state index in [1.165, 1.54) is 0 Å². The zero-order valence-corrected chi connectivity index (χ0v) is 20.0. The predicted octanol–water partition coefficient (Wildman–Crippen LogP) is 5.45. The number of nitrogens with one attached hydrogen (secondary N) is 1. The van der Waals surface area contributed by atoms with E-state index in [0.717, 1.165) is 49.8 Å². The van der Waals surface area contributed by atoms with Gasteiger partial charge in [-0.15, -0.1) is 0 Å². The van der Waals surface area contributed by atoms with Crippen LogP contribution in [0.25, 0.3) is 55.2 Å². The van der Waals surface area contributed by atoms with Crippen LogP contribution in [0.2, 0.25) is 0 Å². The first-order valence-corrected chi connectivity index (χ1v) is 11.3. The van der Waals surface area contributed by atoms with Gasteiger partial charge in [-0.25, -0.2) is 9.97 Å². The smallest absolute Gasteiger partial charge is 0.298 e. The van der Waals surface area contributed by atoms with E-state index in [4.69, 9.17) is 19.0 Å². The number of ether oxygens (including phenoxy) is 2. The first-order chi connectivity index (χ1) is 17.5. The fourth-order valence-electron chi connectivity index (χ4n) is 4.86. The molecule has 4 heterocycles. The van der Waals surface area contributed by atoms with Gasteiger partial charge in [0.05, 0.1) is 29.4 Å². The molecule has 0 fully saturated rings. The lowest BCUT2D eigenvalue weighted by molar-refractivity contribution is -0.120. The maximum Gasteiger partial charge on any atom is 0.298 e. The van der Waals surface area contributed by atoms with Gasteiger partial charge in [0.1, 0.15) is 28.5 Å². The van der Waals surface area contributed by atoms with Crippen molar-refractivity contribution in [3.05, 3.63) is 59.9 Å². The third kappa shape index (κ3) is 3.20. The lowest BCUT2D eigenvalue weighted by atomic mass is 9.98. The summed E-state index contributed by atoms with van der Waals surface area (Å²) in [6, 6.07) is 11.4. The third-order valence-corrected chi connectivity index (χ3v) is 6.35. The van der Waals surface area contributed by atoms with Gasteiger partial charge >= 0.3 is 0 Å². The first kappa shape index (κ1) is 21.7. The molecule has 178 valence electrons. The fourth-order valence-corrected chi connectivity index (χ4v) is 4.86. The zero-order valence-electron chi connectivity index (χ0n) is 20.0. The summed E-state index contributed by atoms with van der Waals surface area (Å²) in [6.45, 7) is 6.05. The van der Waals surface area contributed by atoms with E-state index in [-0.39, 0.29) is 0 Å². The van der Waals surface area contributed by atoms with Crippen LogP contribution in [0.3, 0.4) is 0 Å². The Morgan fingerprint density at radius 3 is 2.61 bits per heavy atom. The van der Waals surface area contributed by atoms with Gasteiger partial charge in [0.25, 0.3) is 6.47 Å². The Bertz CT molecular complexity index is 1800. The lowest BCUT2D eigenvalue weighted by Gasteiger charge is -2.11. The summed E-state index contributed by atoms with van der Waals surface area (Å²) in [6.07, 6.45) is 1.66. The van der Waals surface area contributed by atoms with E-state index >= 15 is 0 Å². The summed E-state index contributed by atoms with van der Waals surface area (Å²) in [5, 5.41) is 6.68. The fraction of sp³-hybridized carbons (Fsp3) is 0.148. The van der Waals surface area contributed by atoms with Crippen LogP contribution in [0.4, 0.5) is 0 Å². The third-order valence-electron chi connectivity index (χ3n) is 6.35. The Hall–Kier alpha value is -4.79. The normalized spacial score (nSPS) is 11.4. The van der Waals surface area contributed by atoms with Crippen molar-refractivity contribution in [2.24, 2.45) is 0 Å². The van der Waals surface area contributed by atoms with Crippen LogP contribution >= 0.6 is 0 Å². The highest BCUT2D eigenvalue weighted by Crippen LogP contribution is 2.42. The molecule has 0 aliphatic heterocycles. The Balaban J connectivity index is 1.69. The van der Waals surface area contributed by atoms with Gasteiger partial charge in [-0.1, -0.05) is 11.2 Å². The quantitative estimate of drug-likeness (QED) is 0.325. The van der Waals surface area contributed by atoms with Crippen LogP contribution in [-0.4, -0.2) is 38.7 Å². The predicted molar refractivity (Wildman–Crippen MR) is 135 cm³/mol. The topological polar surface area (TPSA) is 116 Å². The second-order valence-electron chi connectivity index (χ2n) is 8.49. The van der Waals surface area contributed by atoms with Crippen molar-refractivity contribution in [1.82, 2.24) is 25.1 Å². The highest BCUT2D eigenvalue weighted by molar-refractivity contribution is 6.16. The molecule has 0 radical (unpaired) electrons. The van der Waals surface area contributed by atoms with Gasteiger partial charge in [0.2, 0.25) is 0 Å². The number of carbonyl (C=O) groups is 1. The molecule has 4 aromatic heterocycles. The van der Waals surface area contributed by atoms with Crippen LogP contribution in [-0.2, 0) is 4.79 Å². The number of hydrogen-bond acceptors (Lipinski definition) is 8. The molecule has 0 saturated heterocycles. The number of H-pyrrole nitrogens is 1. The van der Waals surface area contributed by atoms with Crippen molar-refractivity contribution in [3.8, 4) is 33.9 Å². The number of carbonyl (C=O) groups excluding carboxylic acids is 1. The number of methoxy groups -OCH3 is 1. The molecule has 0 aliphatic carbocycles. The largest absolute Gasteiger partial charge is 0.496 e. The number of fused-ring (bicyclic) bond motifs is 4. The van der Waals surface area contributed by atoms with Crippen molar-refractivity contribution in [1.29, 1.82) is 0 Å². The Kier molecular flexibility index (Phi) is 4.92. The SMILES string of the molecule is COc1cc2c(cc1-c1c(C)noc1C)[nH]c1nc(C)nc(-c3ccc(OC=O)c4ncccc34)c12. The van der Waals surface area contributed by atoms with Crippen LogP contribution < -0.4 is 9.47 Å².